The molecule has 4 N–H and O–H groups in total. The second-order valence-electron chi connectivity index (χ2n) is 11.1. The average molecular weight is 621 g/mol. The van der Waals surface area contributed by atoms with Crippen LogP contribution in [0.1, 0.15) is 59.7 Å². The molecule has 1 aromatic heterocycles. The third-order valence-corrected chi connectivity index (χ3v) is 11.7. The quantitative estimate of drug-likeness (QED) is 0.234. The second-order valence-corrected chi connectivity index (χ2v) is 15.1. The fourth-order valence-corrected chi connectivity index (χ4v) is 8.38. The van der Waals surface area contributed by atoms with E-state index in [4.69, 9.17) is 5.73 Å². The molecule has 0 radical (unpaired) electrons. The summed E-state index contributed by atoms with van der Waals surface area (Å²) < 4.78 is 55.3. The summed E-state index contributed by atoms with van der Waals surface area (Å²) in [6.45, 7) is 4.60. The first-order valence-electron chi connectivity index (χ1n) is 14.5. The Hall–Kier alpha value is -3.45. The summed E-state index contributed by atoms with van der Waals surface area (Å²) in [6.07, 6.45) is 3.86. The van der Waals surface area contributed by atoms with Crippen LogP contribution in [0.3, 0.4) is 0 Å². The van der Waals surface area contributed by atoms with Crippen LogP contribution in [0.25, 0.3) is 22.0 Å². The molecule has 226 valence electrons. The third-order valence-electron chi connectivity index (χ3n) is 8.35. The normalized spacial score (nSPS) is 15.2. The standard InChI is InChI=1S/C31H37BN4O5S2/c1-3-21-15-25(32)8-9-29(21)43(40,41)35-18-20-6-5-7-23(14-20)24-16-26-28(19-34-30(26)27(17-24)31(33)37)22-10-12-36(13-11-22)42(38,39)4-2/h5-9,14-17,19,22,34-35H,3-4,10-13,18,32H2,1-2H3,(H2,33,37). The SMILES string of the molecule is Bc1ccc(S(=O)(=O)NCc2cccc(-c3cc(C(N)=O)c4[nH]cc(C5CCN(S(=O)(=O)CC)CC5)c4c3)c2)c(CC)c1. The molecule has 12 heteroatoms. The van der Waals surface area contributed by atoms with Gasteiger partial charge in [0.1, 0.15) is 7.85 Å². The van der Waals surface area contributed by atoms with Crippen molar-refractivity contribution < 1.29 is 21.6 Å². The maximum atomic E-state index is 13.2. The number of aryl methyl sites for hydroxylation is 1. The molecule has 2 heterocycles. The van der Waals surface area contributed by atoms with E-state index in [1.54, 1.807) is 29.4 Å². The van der Waals surface area contributed by atoms with Gasteiger partial charge in [0.15, 0.2) is 0 Å². The average Bonchev–Trinajstić information content (AvgIpc) is 3.43. The lowest BCUT2D eigenvalue weighted by Gasteiger charge is -2.31. The summed E-state index contributed by atoms with van der Waals surface area (Å²) in [5.41, 5.74) is 12.0. The molecule has 5 rings (SSSR count). The number of sulfonamides is 2. The van der Waals surface area contributed by atoms with Crippen molar-refractivity contribution in [2.45, 2.75) is 50.5 Å². The summed E-state index contributed by atoms with van der Waals surface area (Å²) >= 11 is 0. The van der Waals surface area contributed by atoms with Gasteiger partial charge in [0.05, 0.1) is 21.7 Å². The lowest BCUT2D eigenvalue weighted by atomic mass is 9.88. The van der Waals surface area contributed by atoms with Crippen LogP contribution in [0.2, 0.25) is 0 Å². The second kappa shape index (κ2) is 12.3. The molecule has 9 nitrogen and oxygen atoms in total. The van der Waals surface area contributed by atoms with Gasteiger partial charge in [-0.3, -0.25) is 4.79 Å². The van der Waals surface area contributed by atoms with Crippen molar-refractivity contribution in [1.82, 2.24) is 14.0 Å². The maximum Gasteiger partial charge on any atom is 0.250 e. The predicted octanol–water partition coefficient (Wildman–Crippen LogP) is 2.76. The van der Waals surface area contributed by atoms with E-state index in [0.29, 0.717) is 43.4 Å². The van der Waals surface area contributed by atoms with Crippen LogP contribution in [0.5, 0.6) is 0 Å². The highest BCUT2D eigenvalue weighted by atomic mass is 32.2. The summed E-state index contributed by atoms with van der Waals surface area (Å²) in [5.74, 6) is -0.344. The number of aromatic nitrogens is 1. The van der Waals surface area contributed by atoms with Gasteiger partial charge >= 0.3 is 0 Å². The molecule has 1 fully saturated rings. The minimum atomic E-state index is -3.72. The lowest BCUT2D eigenvalue weighted by Crippen LogP contribution is -2.38. The van der Waals surface area contributed by atoms with Crippen LogP contribution in [-0.2, 0) is 33.0 Å². The summed E-state index contributed by atoms with van der Waals surface area (Å²) in [6, 6.07) is 16.7. The van der Waals surface area contributed by atoms with Crippen LogP contribution in [0.4, 0.5) is 0 Å². The predicted molar refractivity (Wildman–Crippen MR) is 173 cm³/mol. The number of hydrogen-bond acceptors (Lipinski definition) is 5. The van der Waals surface area contributed by atoms with Gasteiger partial charge in [-0.25, -0.2) is 25.9 Å². The number of nitrogens with one attached hydrogen (secondary N) is 2. The molecule has 0 aliphatic carbocycles. The molecule has 0 saturated carbocycles. The minimum Gasteiger partial charge on any atom is -0.366 e. The summed E-state index contributed by atoms with van der Waals surface area (Å²) in [7, 11) is -5.02. The highest BCUT2D eigenvalue weighted by Gasteiger charge is 2.29. The number of rotatable bonds is 10. The van der Waals surface area contributed by atoms with Crippen molar-refractivity contribution in [3.63, 3.8) is 0 Å². The number of hydrogen-bond donors (Lipinski definition) is 3. The largest absolute Gasteiger partial charge is 0.366 e. The van der Waals surface area contributed by atoms with Gasteiger partial charge in [-0.15, -0.1) is 0 Å². The Labute approximate surface area is 254 Å². The molecular weight excluding hydrogens is 583 g/mol. The van der Waals surface area contributed by atoms with E-state index in [1.165, 1.54) is 0 Å². The number of carbonyl (C=O) groups excluding carboxylic acids is 1. The topological polar surface area (TPSA) is 142 Å². The Morgan fingerprint density at radius 2 is 1.77 bits per heavy atom. The number of benzene rings is 3. The van der Waals surface area contributed by atoms with E-state index in [1.807, 2.05) is 57.4 Å². The first-order valence-corrected chi connectivity index (χ1v) is 17.6. The van der Waals surface area contributed by atoms with Crippen molar-refractivity contribution in [1.29, 1.82) is 0 Å². The molecule has 0 spiro atoms. The van der Waals surface area contributed by atoms with E-state index in [0.717, 1.165) is 38.7 Å². The molecule has 1 aliphatic rings. The van der Waals surface area contributed by atoms with Crippen LogP contribution >= 0.6 is 0 Å². The molecule has 0 atom stereocenters. The van der Waals surface area contributed by atoms with Gasteiger partial charge in [0.2, 0.25) is 20.0 Å². The van der Waals surface area contributed by atoms with Gasteiger partial charge in [0, 0.05) is 31.2 Å². The highest BCUT2D eigenvalue weighted by molar-refractivity contribution is 7.89. The molecule has 4 aromatic rings. The maximum absolute atomic E-state index is 13.2. The number of nitrogens with zero attached hydrogens (tertiary/aromatic N) is 1. The minimum absolute atomic E-state index is 0.0856. The van der Waals surface area contributed by atoms with Crippen molar-refractivity contribution in [2.75, 3.05) is 18.8 Å². The Bertz CT molecular complexity index is 1900. The van der Waals surface area contributed by atoms with E-state index < -0.39 is 26.0 Å². The number of primary amides is 1. The van der Waals surface area contributed by atoms with Gasteiger partial charge < -0.3 is 10.7 Å². The molecule has 0 unspecified atom stereocenters. The molecule has 1 saturated heterocycles. The van der Waals surface area contributed by atoms with Crippen LogP contribution in [0.15, 0.2) is 65.7 Å². The highest BCUT2D eigenvalue weighted by Crippen LogP contribution is 2.37. The molecule has 0 bridgehead atoms. The first kappa shape index (κ1) is 31.0. The Morgan fingerprint density at radius 1 is 1.02 bits per heavy atom. The Balaban J connectivity index is 1.43. The number of fused-ring (bicyclic) bond motifs is 1. The van der Waals surface area contributed by atoms with E-state index in [9.17, 15) is 21.6 Å². The Morgan fingerprint density at radius 3 is 2.44 bits per heavy atom. The molecule has 1 aliphatic heterocycles. The molecular formula is C31H37BN4O5S2. The van der Waals surface area contributed by atoms with Gasteiger partial charge in [-0.2, -0.15) is 0 Å². The fraction of sp³-hybridized carbons (Fsp3) is 0.323. The third kappa shape index (κ3) is 6.42. The zero-order chi connectivity index (χ0) is 30.9. The zero-order valence-corrected chi connectivity index (χ0v) is 26.3. The first-order chi connectivity index (χ1) is 20.4. The van der Waals surface area contributed by atoms with Crippen molar-refractivity contribution in [2.24, 2.45) is 5.73 Å². The van der Waals surface area contributed by atoms with Crippen LogP contribution in [0, 0.1) is 0 Å². The number of aromatic amines is 1. The van der Waals surface area contributed by atoms with Gasteiger partial charge in [-0.1, -0.05) is 42.7 Å². The van der Waals surface area contributed by atoms with Crippen molar-refractivity contribution in [3.05, 3.63) is 83.0 Å². The smallest absolute Gasteiger partial charge is 0.250 e. The van der Waals surface area contributed by atoms with E-state index in [-0.39, 0.29) is 23.1 Å². The number of nitrogens with two attached hydrogens (primary N) is 1. The van der Waals surface area contributed by atoms with Crippen LogP contribution < -0.4 is 15.9 Å². The number of H-pyrrole nitrogens is 1. The summed E-state index contributed by atoms with van der Waals surface area (Å²) in [5, 5.41) is 0.876. The van der Waals surface area contributed by atoms with E-state index in [2.05, 4.69) is 9.71 Å². The number of piperidine rings is 1. The number of amides is 1. The fourth-order valence-electron chi connectivity index (χ4n) is 5.94. The molecule has 1 amide bonds. The number of carbonyl (C=O) groups is 1. The zero-order valence-electron chi connectivity index (χ0n) is 24.7. The summed E-state index contributed by atoms with van der Waals surface area (Å²) in [4.78, 5) is 16.0. The van der Waals surface area contributed by atoms with Crippen LogP contribution in [-0.4, -0.2) is 58.7 Å². The van der Waals surface area contributed by atoms with Crippen molar-refractivity contribution in [3.8, 4) is 11.1 Å². The lowest BCUT2D eigenvalue weighted by molar-refractivity contribution is 0.100. The van der Waals surface area contributed by atoms with E-state index >= 15 is 0 Å². The monoisotopic (exact) mass is 620 g/mol. The molecule has 43 heavy (non-hydrogen) atoms. The van der Waals surface area contributed by atoms with Gasteiger partial charge in [-0.05, 0) is 84.2 Å². The molecule has 3 aromatic carbocycles. The van der Waals surface area contributed by atoms with Gasteiger partial charge in [0.25, 0.3) is 5.91 Å². The van der Waals surface area contributed by atoms with Crippen molar-refractivity contribution >= 4 is 50.2 Å². The Kier molecular flexibility index (Phi) is 8.85.